The summed E-state index contributed by atoms with van der Waals surface area (Å²) >= 11 is 6.20. The summed E-state index contributed by atoms with van der Waals surface area (Å²) in [6.45, 7) is 0. The standard InChI is InChI=1S/C14H8Br2F3NO/c15-9-3-1-2-8(6-9)13(21)20-12-5-4-10(16)7-11(12)14(17,18)19/h1-7H,(H,20,21). The number of halogens is 5. The third-order valence-electron chi connectivity index (χ3n) is 2.62. The summed E-state index contributed by atoms with van der Waals surface area (Å²) in [4.78, 5) is 12.0. The summed E-state index contributed by atoms with van der Waals surface area (Å²) in [5.41, 5.74) is -0.920. The molecule has 2 rings (SSSR count). The molecule has 0 fully saturated rings. The first-order valence-corrected chi connectivity index (χ1v) is 7.29. The lowest BCUT2D eigenvalue weighted by molar-refractivity contribution is -0.136. The van der Waals surface area contributed by atoms with Crippen molar-refractivity contribution in [1.82, 2.24) is 0 Å². The Morgan fingerprint density at radius 1 is 1.00 bits per heavy atom. The molecule has 0 saturated heterocycles. The minimum atomic E-state index is -4.55. The molecule has 0 unspecified atom stereocenters. The molecule has 1 N–H and O–H groups in total. The highest BCUT2D eigenvalue weighted by Crippen LogP contribution is 2.36. The predicted octanol–water partition coefficient (Wildman–Crippen LogP) is 5.48. The molecule has 0 spiro atoms. The monoisotopic (exact) mass is 421 g/mol. The highest BCUT2D eigenvalue weighted by Gasteiger charge is 2.34. The normalized spacial score (nSPS) is 11.3. The zero-order valence-corrected chi connectivity index (χ0v) is 13.5. The number of carbonyl (C=O) groups excluding carboxylic acids is 1. The van der Waals surface area contributed by atoms with Crippen molar-refractivity contribution in [3.63, 3.8) is 0 Å². The van der Waals surface area contributed by atoms with Crippen molar-refractivity contribution in [2.45, 2.75) is 6.18 Å². The molecule has 0 aliphatic heterocycles. The lowest BCUT2D eigenvalue weighted by Gasteiger charge is -2.14. The van der Waals surface area contributed by atoms with Crippen LogP contribution in [-0.4, -0.2) is 5.91 Å². The molecule has 7 heteroatoms. The molecule has 0 bridgehead atoms. The predicted molar refractivity (Wildman–Crippen MR) is 81.2 cm³/mol. The fourth-order valence-corrected chi connectivity index (χ4v) is 2.44. The quantitative estimate of drug-likeness (QED) is 0.681. The molecular weight excluding hydrogens is 415 g/mol. The van der Waals surface area contributed by atoms with Crippen LogP contribution in [0, 0.1) is 0 Å². The minimum Gasteiger partial charge on any atom is -0.321 e. The van der Waals surface area contributed by atoms with Crippen molar-refractivity contribution in [2.24, 2.45) is 0 Å². The Hall–Kier alpha value is -1.34. The van der Waals surface area contributed by atoms with Gasteiger partial charge in [-0.25, -0.2) is 0 Å². The largest absolute Gasteiger partial charge is 0.418 e. The number of nitrogens with one attached hydrogen (secondary N) is 1. The van der Waals surface area contributed by atoms with Crippen LogP contribution in [0.4, 0.5) is 18.9 Å². The van der Waals surface area contributed by atoms with Crippen LogP contribution in [0.1, 0.15) is 15.9 Å². The van der Waals surface area contributed by atoms with Crippen molar-refractivity contribution in [2.75, 3.05) is 5.32 Å². The summed E-state index contributed by atoms with van der Waals surface area (Å²) in [7, 11) is 0. The van der Waals surface area contributed by atoms with E-state index < -0.39 is 17.6 Å². The molecule has 0 radical (unpaired) electrons. The van der Waals surface area contributed by atoms with Crippen LogP contribution in [0.5, 0.6) is 0 Å². The molecule has 110 valence electrons. The number of hydrogen-bond acceptors (Lipinski definition) is 1. The van der Waals surface area contributed by atoms with Gasteiger partial charge in [0.2, 0.25) is 0 Å². The molecular formula is C14H8Br2F3NO. The highest BCUT2D eigenvalue weighted by molar-refractivity contribution is 9.10. The maximum absolute atomic E-state index is 13.0. The van der Waals surface area contributed by atoms with Gasteiger partial charge in [0.1, 0.15) is 0 Å². The topological polar surface area (TPSA) is 29.1 Å². The van der Waals surface area contributed by atoms with Gasteiger partial charge in [0, 0.05) is 14.5 Å². The van der Waals surface area contributed by atoms with Crippen molar-refractivity contribution >= 4 is 43.5 Å². The maximum Gasteiger partial charge on any atom is 0.418 e. The van der Waals surface area contributed by atoms with Crippen molar-refractivity contribution in [3.8, 4) is 0 Å². The number of rotatable bonds is 2. The van der Waals surface area contributed by atoms with Gasteiger partial charge in [-0.05, 0) is 36.4 Å². The molecule has 0 saturated carbocycles. The van der Waals surface area contributed by atoms with Crippen LogP contribution >= 0.6 is 31.9 Å². The number of benzene rings is 2. The zero-order chi connectivity index (χ0) is 15.6. The summed E-state index contributed by atoms with van der Waals surface area (Å²) < 4.78 is 39.9. The third kappa shape index (κ3) is 4.07. The van der Waals surface area contributed by atoms with E-state index in [4.69, 9.17) is 0 Å². The van der Waals surface area contributed by atoms with Crippen LogP contribution in [0.25, 0.3) is 0 Å². The Labute approximate surface area is 135 Å². The lowest BCUT2D eigenvalue weighted by atomic mass is 10.1. The fraction of sp³-hybridized carbons (Fsp3) is 0.0714. The first kappa shape index (κ1) is 16.0. The Balaban J connectivity index is 2.34. The Bertz CT molecular complexity index is 686. The van der Waals surface area contributed by atoms with Gasteiger partial charge in [0.05, 0.1) is 11.3 Å². The SMILES string of the molecule is O=C(Nc1ccc(Br)cc1C(F)(F)F)c1cccc(Br)c1. The Kier molecular flexibility index (Phi) is 4.73. The van der Waals surface area contributed by atoms with Crippen molar-refractivity contribution in [1.29, 1.82) is 0 Å². The molecule has 0 aliphatic carbocycles. The van der Waals surface area contributed by atoms with Crippen LogP contribution < -0.4 is 5.32 Å². The summed E-state index contributed by atoms with van der Waals surface area (Å²) in [5, 5.41) is 2.29. The third-order valence-corrected chi connectivity index (χ3v) is 3.61. The van der Waals surface area contributed by atoms with Crippen LogP contribution in [0.15, 0.2) is 51.4 Å². The van der Waals surface area contributed by atoms with E-state index in [1.54, 1.807) is 12.1 Å². The Morgan fingerprint density at radius 2 is 1.67 bits per heavy atom. The number of anilines is 1. The van der Waals surface area contributed by atoms with Gasteiger partial charge >= 0.3 is 6.18 Å². The first-order valence-electron chi connectivity index (χ1n) is 5.71. The maximum atomic E-state index is 13.0. The second-order valence-corrected chi connectivity index (χ2v) is 5.98. The van der Waals surface area contributed by atoms with Crippen LogP contribution in [0.3, 0.4) is 0 Å². The van der Waals surface area contributed by atoms with E-state index in [0.717, 1.165) is 6.07 Å². The van der Waals surface area contributed by atoms with Crippen LogP contribution in [-0.2, 0) is 6.18 Å². The molecule has 0 aliphatic rings. The molecule has 0 aromatic heterocycles. The molecule has 0 atom stereocenters. The average Bonchev–Trinajstić information content (AvgIpc) is 2.39. The van der Waals surface area contributed by atoms with Crippen molar-refractivity contribution in [3.05, 3.63) is 62.5 Å². The van der Waals surface area contributed by atoms with E-state index >= 15 is 0 Å². The molecule has 2 aromatic rings. The van der Waals surface area contributed by atoms with E-state index in [1.807, 2.05) is 0 Å². The van der Waals surface area contributed by atoms with Gasteiger partial charge < -0.3 is 5.32 Å². The van der Waals surface area contributed by atoms with Gasteiger partial charge in [-0.15, -0.1) is 0 Å². The second-order valence-electron chi connectivity index (χ2n) is 4.15. The molecule has 2 aromatic carbocycles. The molecule has 21 heavy (non-hydrogen) atoms. The number of carbonyl (C=O) groups is 1. The van der Waals surface area contributed by atoms with E-state index in [-0.39, 0.29) is 15.7 Å². The number of amides is 1. The average molecular weight is 423 g/mol. The van der Waals surface area contributed by atoms with Gasteiger partial charge in [0.15, 0.2) is 0 Å². The summed E-state index contributed by atoms with van der Waals surface area (Å²) in [6, 6.07) is 9.97. The first-order chi connectivity index (χ1) is 9.77. The molecule has 1 amide bonds. The van der Waals surface area contributed by atoms with Gasteiger partial charge in [0.25, 0.3) is 5.91 Å². The van der Waals surface area contributed by atoms with Gasteiger partial charge in [-0.3, -0.25) is 4.79 Å². The highest BCUT2D eigenvalue weighted by atomic mass is 79.9. The number of hydrogen-bond donors (Lipinski definition) is 1. The van der Waals surface area contributed by atoms with Gasteiger partial charge in [-0.1, -0.05) is 37.9 Å². The van der Waals surface area contributed by atoms with Crippen LogP contribution in [0.2, 0.25) is 0 Å². The summed E-state index contributed by atoms with van der Waals surface area (Å²) in [5.74, 6) is -0.607. The number of alkyl halides is 3. The zero-order valence-electron chi connectivity index (χ0n) is 10.3. The van der Waals surface area contributed by atoms with E-state index in [0.29, 0.717) is 4.47 Å². The lowest BCUT2D eigenvalue weighted by Crippen LogP contribution is -2.16. The van der Waals surface area contributed by atoms with Gasteiger partial charge in [-0.2, -0.15) is 13.2 Å². The van der Waals surface area contributed by atoms with Crippen molar-refractivity contribution < 1.29 is 18.0 Å². The van der Waals surface area contributed by atoms with E-state index in [9.17, 15) is 18.0 Å². The smallest absolute Gasteiger partial charge is 0.321 e. The molecule has 2 nitrogen and oxygen atoms in total. The summed E-state index contributed by atoms with van der Waals surface area (Å²) in [6.07, 6.45) is -4.55. The van der Waals surface area contributed by atoms with E-state index in [1.165, 1.54) is 24.3 Å². The van der Waals surface area contributed by atoms with E-state index in [2.05, 4.69) is 37.2 Å². The minimum absolute atomic E-state index is 0.264. The fourth-order valence-electron chi connectivity index (χ4n) is 1.68. The second kappa shape index (κ2) is 6.19. The molecule has 0 heterocycles. The Morgan fingerprint density at radius 3 is 2.29 bits per heavy atom.